The van der Waals surface area contributed by atoms with Crippen molar-refractivity contribution < 1.29 is 14.2 Å². The summed E-state index contributed by atoms with van der Waals surface area (Å²) in [5, 5.41) is 10.0. The molecule has 1 aromatic heterocycles. The van der Waals surface area contributed by atoms with Gasteiger partial charge in [-0.1, -0.05) is 13.3 Å². The second-order valence-electron chi connectivity index (χ2n) is 5.36. The number of unbranched alkanes of at least 4 members (excludes halogenated alkanes) is 1. The fourth-order valence-corrected chi connectivity index (χ4v) is 2.35. The van der Waals surface area contributed by atoms with Crippen LogP contribution >= 0.6 is 0 Å². The summed E-state index contributed by atoms with van der Waals surface area (Å²) in [6.07, 6.45) is 1.93. The summed E-state index contributed by atoms with van der Waals surface area (Å²) < 4.78 is 18.7. The zero-order valence-electron chi connectivity index (χ0n) is 12.8. The van der Waals surface area contributed by atoms with E-state index in [2.05, 4.69) is 16.9 Å². The first-order valence-corrected chi connectivity index (χ1v) is 7.49. The van der Waals surface area contributed by atoms with Gasteiger partial charge in [0, 0.05) is 23.4 Å². The number of nitrogens with two attached hydrogens (primary N) is 1. The summed E-state index contributed by atoms with van der Waals surface area (Å²) in [6.45, 7) is 2.61. The fraction of sp³-hybridized carbons (Fsp3) is 0.235. The highest BCUT2D eigenvalue weighted by atomic mass is 19.1. The van der Waals surface area contributed by atoms with Crippen molar-refractivity contribution in [3.8, 4) is 22.9 Å². The molecular formula is C17H18FN3O2. The smallest absolute Gasteiger partial charge is 0.163 e. The zero-order valence-corrected chi connectivity index (χ0v) is 12.8. The molecule has 4 N–H and O–H groups in total. The molecule has 3 rings (SSSR count). The number of imidazole rings is 1. The number of nitrogen functional groups attached to an aromatic ring is 1. The number of phenolic OH excluding ortho intramolecular Hbond substituents is 1. The van der Waals surface area contributed by atoms with E-state index in [4.69, 9.17) is 10.5 Å². The number of phenols is 1. The lowest BCUT2D eigenvalue weighted by Gasteiger charge is -2.06. The quantitative estimate of drug-likeness (QED) is 0.493. The predicted octanol–water partition coefficient (Wildman–Crippen LogP) is 3.84. The number of halogens is 1. The third kappa shape index (κ3) is 3.06. The van der Waals surface area contributed by atoms with Crippen LogP contribution in [-0.2, 0) is 0 Å². The first-order valence-electron chi connectivity index (χ1n) is 7.49. The van der Waals surface area contributed by atoms with Crippen molar-refractivity contribution in [2.45, 2.75) is 19.8 Å². The highest BCUT2D eigenvalue weighted by Crippen LogP contribution is 2.33. The molecule has 0 bridgehead atoms. The highest BCUT2D eigenvalue weighted by Gasteiger charge is 2.12. The molecule has 6 heteroatoms. The van der Waals surface area contributed by atoms with Crippen molar-refractivity contribution in [3.05, 3.63) is 36.1 Å². The van der Waals surface area contributed by atoms with Crippen LogP contribution in [0.1, 0.15) is 19.8 Å². The van der Waals surface area contributed by atoms with Gasteiger partial charge in [0.2, 0.25) is 0 Å². The molecule has 3 aromatic rings. The fourth-order valence-electron chi connectivity index (χ4n) is 2.35. The summed E-state index contributed by atoms with van der Waals surface area (Å²) in [4.78, 5) is 7.53. The van der Waals surface area contributed by atoms with Crippen molar-refractivity contribution >= 4 is 16.7 Å². The Morgan fingerprint density at radius 1 is 1.30 bits per heavy atom. The van der Waals surface area contributed by atoms with Gasteiger partial charge in [0.25, 0.3) is 0 Å². The SMILES string of the molecule is CCCCOc1cc2nc(-c3ccc(F)cc3N)[nH]c2cc1O. The highest BCUT2D eigenvalue weighted by molar-refractivity contribution is 5.85. The summed E-state index contributed by atoms with van der Waals surface area (Å²) in [5.41, 5.74) is 8.05. The Hall–Kier alpha value is -2.76. The van der Waals surface area contributed by atoms with Gasteiger partial charge in [-0.3, -0.25) is 0 Å². The van der Waals surface area contributed by atoms with E-state index in [1.54, 1.807) is 18.2 Å². The number of benzene rings is 2. The molecule has 0 radical (unpaired) electrons. The first-order chi connectivity index (χ1) is 11.1. The van der Waals surface area contributed by atoms with Crippen molar-refractivity contribution in [3.63, 3.8) is 0 Å². The van der Waals surface area contributed by atoms with Crippen LogP contribution in [0.5, 0.6) is 11.5 Å². The number of fused-ring (bicyclic) bond motifs is 1. The van der Waals surface area contributed by atoms with Gasteiger partial charge in [0.05, 0.1) is 17.6 Å². The average molecular weight is 315 g/mol. The van der Waals surface area contributed by atoms with E-state index >= 15 is 0 Å². The number of hydrogen-bond acceptors (Lipinski definition) is 4. The molecule has 0 aliphatic heterocycles. The van der Waals surface area contributed by atoms with Crippen molar-refractivity contribution in [1.29, 1.82) is 0 Å². The monoisotopic (exact) mass is 315 g/mol. The maximum Gasteiger partial charge on any atom is 0.163 e. The molecule has 120 valence electrons. The van der Waals surface area contributed by atoms with Gasteiger partial charge in [-0.25, -0.2) is 9.37 Å². The number of aromatic nitrogens is 2. The first kappa shape index (κ1) is 15.1. The number of anilines is 1. The van der Waals surface area contributed by atoms with Gasteiger partial charge < -0.3 is 20.6 Å². The number of nitrogens with zero attached hydrogens (tertiary/aromatic N) is 1. The van der Waals surface area contributed by atoms with Crippen molar-refractivity contribution in [2.24, 2.45) is 0 Å². The maximum absolute atomic E-state index is 13.2. The minimum atomic E-state index is -0.397. The van der Waals surface area contributed by atoms with Crippen molar-refractivity contribution in [1.82, 2.24) is 9.97 Å². The van der Waals surface area contributed by atoms with Crippen LogP contribution in [0.25, 0.3) is 22.4 Å². The Kier molecular flexibility index (Phi) is 4.06. The Balaban J connectivity index is 1.98. The second-order valence-corrected chi connectivity index (χ2v) is 5.36. The maximum atomic E-state index is 13.2. The Labute approximate surface area is 132 Å². The summed E-state index contributed by atoms with van der Waals surface area (Å²) in [6, 6.07) is 7.39. The lowest BCUT2D eigenvalue weighted by atomic mass is 10.1. The average Bonchev–Trinajstić information content (AvgIpc) is 2.90. The summed E-state index contributed by atoms with van der Waals surface area (Å²) >= 11 is 0. The van der Waals surface area contributed by atoms with Crippen LogP contribution in [0, 0.1) is 5.82 Å². The number of nitrogens with one attached hydrogen (secondary N) is 1. The molecule has 2 aromatic carbocycles. The van der Waals surface area contributed by atoms with E-state index in [9.17, 15) is 9.50 Å². The zero-order chi connectivity index (χ0) is 16.4. The molecule has 0 aliphatic carbocycles. The molecule has 0 aliphatic rings. The summed E-state index contributed by atoms with van der Waals surface area (Å²) in [7, 11) is 0. The van der Waals surface area contributed by atoms with Gasteiger partial charge in [-0.2, -0.15) is 0 Å². The van der Waals surface area contributed by atoms with Gasteiger partial charge in [-0.05, 0) is 24.6 Å². The minimum absolute atomic E-state index is 0.0517. The Morgan fingerprint density at radius 3 is 2.87 bits per heavy atom. The third-order valence-corrected chi connectivity index (χ3v) is 3.59. The number of rotatable bonds is 5. The van der Waals surface area contributed by atoms with E-state index in [-0.39, 0.29) is 5.75 Å². The topological polar surface area (TPSA) is 84.2 Å². The number of hydrogen-bond donors (Lipinski definition) is 3. The van der Waals surface area contributed by atoms with Crippen molar-refractivity contribution in [2.75, 3.05) is 12.3 Å². The number of ether oxygens (including phenoxy) is 1. The predicted molar refractivity (Wildman–Crippen MR) is 88.0 cm³/mol. The molecule has 0 spiro atoms. The normalized spacial score (nSPS) is 11.0. The van der Waals surface area contributed by atoms with Gasteiger partial charge in [-0.15, -0.1) is 0 Å². The Bertz CT molecular complexity index is 845. The molecule has 0 saturated carbocycles. The van der Waals surface area contributed by atoms with E-state index < -0.39 is 5.82 Å². The Morgan fingerprint density at radius 2 is 2.13 bits per heavy atom. The van der Waals surface area contributed by atoms with Crippen LogP contribution in [0.4, 0.5) is 10.1 Å². The van der Waals surface area contributed by atoms with E-state index in [1.807, 2.05) is 0 Å². The molecule has 5 nitrogen and oxygen atoms in total. The molecule has 0 fully saturated rings. The number of aromatic hydroxyl groups is 1. The lowest BCUT2D eigenvalue weighted by Crippen LogP contribution is -1.96. The van der Waals surface area contributed by atoms with Gasteiger partial charge in [0.1, 0.15) is 11.6 Å². The molecule has 0 amide bonds. The van der Waals surface area contributed by atoms with Crippen LogP contribution in [-0.4, -0.2) is 21.7 Å². The van der Waals surface area contributed by atoms with Crippen LogP contribution < -0.4 is 10.5 Å². The minimum Gasteiger partial charge on any atom is -0.504 e. The largest absolute Gasteiger partial charge is 0.504 e. The second kappa shape index (κ2) is 6.16. The molecule has 0 unspecified atom stereocenters. The lowest BCUT2D eigenvalue weighted by molar-refractivity contribution is 0.293. The van der Waals surface area contributed by atoms with Crippen LogP contribution in [0.3, 0.4) is 0 Å². The molecule has 0 saturated heterocycles. The molecule has 23 heavy (non-hydrogen) atoms. The molecule has 1 heterocycles. The molecular weight excluding hydrogens is 297 g/mol. The van der Waals surface area contributed by atoms with E-state index in [0.717, 1.165) is 12.8 Å². The third-order valence-electron chi connectivity index (χ3n) is 3.59. The standard InChI is InChI=1S/C17H18FN3O2/c1-2-3-6-23-16-9-14-13(8-15(16)22)20-17(21-14)11-5-4-10(18)7-12(11)19/h4-5,7-9,22H,2-3,6,19H2,1H3,(H,20,21). The number of H-pyrrole nitrogens is 1. The van der Waals surface area contributed by atoms with Gasteiger partial charge in [0.15, 0.2) is 11.5 Å². The van der Waals surface area contributed by atoms with E-state index in [0.29, 0.717) is 40.5 Å². The summed E-state index contributed by atoms with van der Waals surface area (Å²) in [5.74, 6) is 0.571. The molecule has 0 atom stereocenters. The van der Waals surface area contributed by atoms with Gasteiger partial charge >= 0.3 is 0 Å². The van der Waals surface area contributed by atoms with Crippen LogP contribution in [0.2, 0.25) is 0 Å². The number of aromatic amines is 1. The van der Waals surface area contributed by atoms with Crippen LogP contribution in [0.15, 0.2) is 30.3 Å². The van der Waals surface area contributed by atoms with E-state index in [1.165, 1.54) is 12.1 Å².